The van der Waals surface area contributed by atoms with E-state index in [0.29, 0.717) is 22.6 Å². The number of esters is 1. The Kier molecular flexibility index (Phi) is 4.60. The van der Waals surface area contributed by atoms with Gasteiger partial charge in [-0.15, -0.1) is 0 Å². The lowest BCUT2D eigenvalue weighted by Crippen LogP contribution is -2.08. The molecule has 6 nitrogen and oxygen atoms in total. The van der Waals surface area contributed by atoms with E-state index in [-0.39, 0.29) is 17.3 Å². The molecule has 0 radical (unpaired) electrons. The maximum Gasteiger partial charge on any atom is 0.345 e. The highest BCUT2D eigenvalue weighted by atomic mass is 16.5. The Morgan fingerprint density at radius 3 is 2.75 bits per heavy atom. The van der Waals surface area contributed by atoms with E-state index in [1.165, 1.54) is 12.3 Å². The molecule has 0 bridgehead atoms. The number of rotatable bonds is 4. The zero-order valence-electron chi connectivity index (χ0n) is 14.9. The summed E-state index contributed by atoms with van der Waals surface area (Å²) < 4.78 is 16.3. The van der Waals surface area contributed by atoms with Crippen LogP contribution in [0.1, 0.15) is 26.3 Å². The topological polar surface area (TPSA) is 74.7 Å². The summed E-state index contributed by atoms with van der Waals surface area (Å²) in [7, 11) is 1.56. The molecule has 4 rings (SSSR count). The Balaban J connectivity index is 1.58. The Morgan fingerprint density at radius 2 is 1.96 bits per heavy atom. The van der Waals surface area contributed by atoms with Gasteiger partial charge >= 0.3 is 5.97 Å². The fraction of sp³-hybridized carbons (Fsp3) is 0.0455. The van der Waals surface area contributed by atoms with Crippen molar-refractivity contribution in [2.24, 2.45) is 0 Å². The lowest BCUT2D eigenvalue weighted by molar-refractivity contribution is 0.0734. The fourth-order valence-electron chi connectivity index (χ4n) is 2.81. The molecule has 3 aromatic rings. The van der Waals surface area contributed by atoms with Crippen molar-refractivity contribution in [1.29, 1.82) is 0 Å². The molecule has 1 aliphatic heterocycles. The predicted octanol–water partition coefficient (Wildman–Crippen LogP) is 3.93. The van der Waals surface area contributed by atoms with Crippen LogP contribution in [-0.2, 0) is 0 Å². The third-order valence-electron chi connectivity index (χ3n) is 4.17. The van der Waals surface area contributed by atoms with Gasteiger partial charge in [0.1, 0.15) is 17.2 Å². The van der Waals surface area contributed by atoms with Crippen molar-refractivity contribution in [3.63, 3.8) is 0 Å². The number of ketones is 1. The van der Waals surface area contributed by atoms with E-state index in [2.05, 4.69) is 4.98 Å². The predicted molar refractivity (Wildman–Crippen MR) is 102 cm³/mol. The van der Waals surface area contributed by atoms with Crippen molar-refractivity contribution in [3.05, 3.63) is 89.4 Å². The smallest absolute Gasteiger partial charge is 0.345 e. The quantitative estimate of drug-likeness (QED) is 0.392. The minimum Gasteiger partial charge on any atom is -0.496 e. The van der Waals surface area contributed by atoms with Gasteiger partial charge in [0.25, 0.3) is 0 Å². The number of Topliss-reactive ketones (excluding diaryl/α,β-unsaturated/α-hetero) is 1. The van der Waals surface area contributed by atoms with Crippen molar-refractivity contribution in [2.75, 3.05) is 7.11 Å². The van der Waals surface area contributed by atoms with E-state index in [1.54, 1.807) is 49.7 Å². The first-order valence-electron chi connectivity index (χ1n) is 8.49. The number of carbonyl (C=O) groups excluding carboxylic acids is 2. The number of carbonyl (C=O) groups is 2. The zero-order chi connectivity index (χ0) is 19.5. The molecule has 0 unspecified atom stereocenters. The summed E-state index contributed by atoms with van der Waals surface area (Å²) in [5, 5.41) is 0. The molecule has 0 fully saturated rings. The average molecular weight is 373 g/mol. The van der Waals surface area contributed by atoms with Crippen molar-refractivity contribution in [1.82, 2.24) is 4.98 Å². The van der Waals surface area contributed by atoms with Crippen LogP contribution >= 0.6 is 0 Å². The Labute approximate surface area is 161 Å². The number of ether oxygens (including phenoxy) is 3. The van der Waals surface area contributed by atoms with Gasteiger partial charge in [-0.3, -0.25) is 9.78 Å². The molecule has 0 aliphatic carbocycles. The van der Waals surface area contributed by atoms with Crippen molar-refractivity contribution in [2.45, 2.75) is 0 Å². The van der Waals surface area contributed by atoms with E-state index in [9.17, 15) is 9.59 Å². The van der Waals surface area contributed by atoms with Gasteiger partial charge in [0, 0.05) is 24.0 Å². The van der Waals surface area contributed by atoms with E-state index in [4.69, 9.17) is 14.2 Å². The highest BCUT2D eigenvalue weighted by Crippen LogP contribution is 2.35. The fourth-order valence-corrected chi connectivity index (χ4v) is 2.81. The van der Waals surface area contributed by atoms with Crippen LogP contribution in [0.15, 0.2) is 72.8 Å². The van der Waals surface area contributed by atoms with Crippen molar-refractivity contribution in [3.8, 4) is 17.2 Å². The second-order valence-corrected chi connectivity index (χ2v) is 5.97. The first-order valence-corrected chi connectivity index (χ1v) is 8.49. The number of nitrogens with zero attached hydrogens (tertiary/aromatic N) is 1. The average Bonchev–Trinajstić information content (AvgIpc) is 3.04. The number of pyridine rings is 1. The molecule has 28 heavy (non-hydrogen) atoms. The van der Waals surface area contributed by atoms with Gasteiger partial charge in [-0.05, 0) is 36.4 Å². The molecule has 0 saturated carbocycles. The molecule has 0 N–H and O–H groups in total. The second-order valence-electron chi connectivity index (χ2n) is 5.97. The van der Waals surface area contributed by atoms with Crippen LogP contribution in [0.25, 0.3) is 6.08 Å². The van der Waals surface area contributed by atoms with Crippen LogP contribution in [0.4, 0.5) is 0 Å². The molecule has 0 amide bonds. The van der Waals surface area contributed by atoms with Crippen LogP contribution in [-0.4, -0.2) is 23.8 Å². The number of benzene rings is 2. The van der Waals surface area contributed by atoms with Gasteiger partial charge in [0.15, 0.2) is 5.76 Å². The number of para-hydroxylation sites is 1. The van der Waals surface area contributed by atoms with Crippen molar-refractivity contribution < 1.29 is 23.8 Å². The van der Waals surface area contributed by atoms with E-state index in [1.807, 2.05) is 18.2 Å². The first kappa shape index (κ1) is 17.5. The summed E-state index contributed by atoms with van der Waals surface area (Å²) in [6.07, 6.45) is 4.62. The Morgan fingerprint density at radius 1 is 1.11 bits per heavy atom. The third-order valence-corrected chi connectivity index (χ3v) is 4.17. The highest BCUT2D eigenvalue weighted by molar-refractivity contribution is 6.14. The first-order chi connectivity index (χ1) is 13.7. The number of allylic oxidation sites excluding steroid dienone is 1. The van der Waals surface area contributed by atoms with Crippen molar-refractivity contribution >= 4 is 17.8 Å². The Hall–Kier alpha value is -3.93. The SMILES string of the molecule is COc1ccccc1/C=C1\Oc2cc(OC(=O)c3cccnc3)ccc2C1=O. The highest BCUT2D eigenvalue weighted by Gasteiger charge is 2.28. The monoisotopic (exact) mass is 373 g/mol. The molecule has 0 saturated heterocycles. The minimum atomic E-state index is -0.540. The maximum absolute atomic E-state index is 12.6. The largest absolute Gasteiger partial charge is 0.496 e. The molecular weight excluding hydrogens is 358 g/mol. The maximum atomic E-state index is 12.6. The molecule has 0 spiro atoms. The van der Waals surface area contributed by atoms with Gasteiger partial charge in [0.05, 0.1) is 18.2 Å². The molecular formula is C22H15NO5. The summed E-state index contributed by atoms with van der Waals surface area (Å²) in [6, 6.07) is 15.2. The number of fused-ring (bicyclic) bond motifs is 1. The third kappa shape index (κ3) is 3.35. The van der Waals surface area contributed by atoms with Gasteiger partial charge < -0.3 is 14.2 Å². The standard InChI is InChI=1S/C22H15NO5/c1-26-18-7-3-2-5-14(18)11-20-21(24)17-9-8-16(12-19(17)28-20)27-22(25)15-6-4-10-23-13-15/h2-13H,1H3/b20-11-. The molecule has 2 aromatic carbocycles. The van der Waals surface area contributed by atoms with Crippen LogP contribution in [0, 0.1) is 0 Å². The molecule has 0 atom stereocenters. The van der Waals surface area contributed by atoms with Crippen LogP contribution in [0.2, 0.25) is 0 Å². The van der Waals surface area contributed by atoms with E-state index >= 15 is 0 Å². The van der Waals surface area contributed by atoms with Gasteiger partial charge in [-0.25, -0.2) is 4.79 Å². The molecule has 1 aromatic heterocycles. The number of methoxy groups -OCH3 is 1. The van der Waals surface area contributed by atoms with E-state index in [0.717, 1.165) is 5.56 Å². The summed E-state index contributed by atoms with van der Waals surface area (Å²) >= 11 is 0. The van der Waals surface area contributed by atoms with Gasteiger partial charge in [-0.2, -0.15) is 0 Å². The molecule has 6 heteroatoms. The van der Waals surface area contributed by atoms with Crippen LogP contribution in [0.3, 0.4) is 0 Å². The Bertz CT molecular complexity index is 1090. The van der Waals surface area contributed by atoms with Gasteiger partial charge in [0.2, 0.25) is 5.78 Å². The summed E-state index contributed by atoms with van der Waals surface area (Å²) in [4.78, 5) is 28.7. The molecule has 138 valence electrons. The van der Waals surface area contributed by atoms with E-state index < -0.39 is 5.97 Å². The normalized spacial score (nSPS) is 13.8. The summed E-state index contributed by atoms with van der Waals surface area (Å²) in [6.45, 7) is 0. The number of hydrogen-bond acceptors (Lipinski definition) is 6. The zero-order valence-corrected chi connectivity index (χ0v) is 14.9. The summed E-state index contributed by atoms with van der Waals surface area (Å²) in [5.41, 5.74) is 1.46. The van der Waals surface area contributed by atoms with Gasteiger partial charge in [-0.1, -0.05) is 18.2 Å². The van der Waals surface area contributed by atoms with Crippen LogP contribution in [0.5, 0.6) is 17.2 Å². The molecule has 2 heterocycles. The van der Waals surface area contributed by atoms with Crippen LogP contribution < -0.4 is 14.2 Å². The lowest BCUT2D eigenvalue weighted by Gasteiger charge is -2.06. The molecule has 1 aliphatic rings. The summed E-state index contributed by atoms with van der Waals surface area (Å²) in [5.74, 6) is 0.637. The number of hydrogen-bond donors (Lipinski definition) is 0. The lowest BCUT2D eigenvalue weighted by atomic mass is 10.1. The number of aromatic nitrogens is 1. The second kappa shape index (κ2) is 7.36. The minimum absolute atomic E-state index is 0.176.